The monoisotopic (exact) mass is 196 g/mol. The fourth-order valence-electron chi connectivity index (χ4n) is 1.52. The lowest BCUT2D eigenvalue weighted by molar-refractivity contribution is 0.502. The Morgan fingerprint density at radius 3 is 2.21 bits per heavy atom. The summed E-state index contributed by atoms with van der Waals surface area (Å²) < 4.78 is 13.6. The zero-order valence-corrected chi connectivity index (χ0v) is 9.13. The summed E-state index contributed by atoms with van der Waals surface area (Å²) in [6.07, 6.45) is 0. The first-order chi connectivity index (χ1) is 6.34. The minimum atomic E-state index is -0.662. The van der Waals surface area contributed by atoms with Crippen molar-refractivity contribution in [3.8, 4) is 0 Å². The van der Waals surface area contributed by atoms with Crippen molar-refractivity contribution in [1.82, 2.24) is 0 Å². The molecule has 0 aliphatic heterocycles. The van der Waals surface area contributed by atoms with Gasteiger partial charge >= 0.3 is 0 Å². The van der Waals surface area contributed by atoms with E-state index in [9.17, 15) is 4.39 Å². The zero-order chi connectivity index (χ0) is 10.9. The fraction of sp³-hybridized carbons (Fsp3) is 0.455. The Labute approximate surface area is 84.5 Å². The largest absolute Gasteiger partial charge is 0.377 e. The van der Waals surface area contributed by atoms with Gasteiger partial charge in [-0.3, -0.25) is 0 Å². The highest BCUT2D eigenvalue weighted by Gasteiger charge is 2.23. The van der Waals surface area contributed by atoms with Crippen molar-refractivity contribution >= 4 is 5.69 Å². The molecule has 0 aliphatic rings. The molecule has 0 heterocycles. The van der Waals surface area contributed by atoms with Crippen LogP contribution in [0.2, 0.25) is 0 Å². The predicted octanol–water partition coefficient (Wildman–Crippen LogP) is 2.09. The first-order valence-corrected chi connectivity index (χ1v) is 4.59. The number of nitrogens with zero attached hydrogens (tertiary/aromatic N) is 1. The minimum Gasteiger partial charge on any atom is -0.377 e. The Hall–Kier alpha value is -1.09. The van der Waals surface area contributed by atoms with Crippen LogP contribution in [0, 0.1) is 5.82 Å². The topological polar surface area (TPSA) is 29.3 Å². The third-order valence-corrected chi connectivity index (χ3v) is 2.12. The lowest BCUT2D eigenvalue weighted by Crippen LogP contribution is -2.32. The molecule has 78 valence electrons. The molecule has 0 saturated heterocycles. The van der Waals surface area contributed by atoms with E-state index in [-0.39, 0.29) is 5.82 Å². The van der Waals surface area contributed by atoms with E-state index in [0.29, 0.717) is 5.56 Å². The van der Waals surface area contributed by atoms with Gasteiger partial charge in [-0.2, -0.15) is 0 Å². The van der Waals surface area contributed by atoms with Crippen molar-refractivity contribution < 1.29 is 4.39 Å². The SMILES string of the molecule is CN(C)c1cccc(F)c1C(C)(C)N. The number of benzene rings is 1. The van der Waals surface area contributed by atoms with E-state index in [1.165, 1.54) is 6.07 Å². The lowest BCUT2D eigenvalue weighted by atomic mass is 9.93. The van der Waals surface area contributed by atoms with Crippen LogP contribution >= 0.6 is 0 Å². The summed E-state index contributed by atoms with van der Waals surface area (Å²) in [6, 6.07) is 5.00. The van der Waals surface area contributed by atoms with Crippen molar-refractivity contribution in [2.75, 3.05) is 19.0 Å². The molecule has 0 aliphatic carbocycles. The standard InChI is InChI=1S/C11H17FN2/c1-11(2,13)10-8(12)6-5-7-9(10)14(3)4/h5-7H,13H2,1-4H3. The normalized spacial score (nSPS) is 11.6. The average molecular weight is 196 g/mol. The van der Waals surface area contributed by atoms with Gasteiger partial charge in [0.1, 0.15) is 5.82 Å². The van der Waals surface area contributed by atoms with Crippen LogP contribution in [0.3, 0.4) is 0 Å². The molecule has 2 nitrogen and oxygen atoms in total. The zero-order valence-electron chi connectivity index (χ0n) is 9.13. The van der Waals surface area contributed by atoms with Gasteiger partial charge in [0, 0.05) is 30.9 Å². The van der Waals surface area contributed by atoms with Gasteiger partial charge < -0.3 is 10.6 Å². The van der Waals surface area contributed by atoms with Gasteiger partial charge in [-0.15, -0.1) is 0 Å². The molecule has 0 saturated carbocycles. The maximum Gasteiger partial charge on any atom is 0.130 e. The summed E-state index contributed by atoms with van der Waals surface area (Å²) in [4.78, 5) is 1.87. The second-order valence-corrected chi connectivity index (χ2v) is 4.25. The van der Waals surface area contributed by atoms with Crippen LogP contribution in [0.5, 0.6) is 0 Å². The Morgan fingerprint density at radius 1 is 1.29 bits per heavy atom. The first kappa shape index (κ1) is 11.0. The summed E-state index contributed by atoms with van der Waals surface area (Å²) in [6.45, 7) is 3.61. The van der Waals surface area contributed by atoms with Crippen LogP contribution in [-0.2, 0) is 5.54 Å². The molecule has 3 heteroatoms. The van der Waals surface area contributed by atoms with E-state index < -0.39 is 5.54 Å². The molecule has 14 heavy (non-hydrogen) atoms. The highest BCUT2D eigenvalue weighted by atomic mass is 19.1. The van der Waals surface area contributed by atoms with E-state index in [2.05, 4.69) is 0 Å². The third-order valence-electron chi connectivity index (χ3n) is 2.12. The van der Waals surface area contributed by atoms with Crippen LogP contribution in [-0.4, -0.2) is 14.1 Å². The maximum absolute atomic E-state index is 13.6. The maximum atomic E-state index is 13.6. The third kappa shape index (κ3) is 2.04. The van der Waals surface area contributed by atoms with Crippen molar-refractivity contribution in [2.45, 2.75) is 19.4 Å². The van der Waals surface area contributed by atoms with Crippen LogP contribution in [0.1, 0.15) is 19.4 Å². The number of halogens is 1. The van der Waals surface area contributed by atoms with E-state index in [1.807, 2.05) is 25.1 Å². The molecule has 1 rings (SSSR count). The molecule has 0 amide bonds. The van der Waals surface area contributed by atoms with Crippen LogP contribution in [0.15, 0.2) is 18.2 Å². The van der Waals surface area contributed by atoms with Gasteiger partial charge in [0.25, 0.3) is 0 Å². The van der Waals surface area contributed by atoms with E-state index >= 15 is 0 Å². The van der Waals surface area contributed by atoms with Crippen molar-refractivity contribution in [2.24, 2.45) is 5.73 Å². The summed E-state index contributed by atoms with van der Waals surface area (Å²) in [7, 11) is 3.76. The summed E-state index contributed by atoms with van der Waals surface area (Å²) in [5.74, 6) is -0.247. The van der Waals surface area contributed by atoms with Crippen LogP contribution < -0.4 is 10.6 Å². The van der Waals surface area contributed by atoms with Crippen LogP contribution in [0.25, 0.3) is 0 Å². The molecule has 0 atom stereocenters. The van der Waals surface area contributed by atoms with Gasteiger partial charge in [-0.1, -0.05) is 6.07 Å². The molecule has 0 spiro atoms. The Bertz CT molecular complexity index is 327. The molecule has 1 aromatic carbocycles. The van der Waals surface area contributed by atoms with E-state index in [4.69, 9.17) is 5.73 Å². The van der Waals surface area contributed by atoms with Gasteiger partial charge in [0.05, 0.1) is 0 Å². The molecule has 0 fully saturated rings. The molecule has 0 bridgehead atoms. The summed E-state index contributed by atoms with van der Waals surface area (Å²) in [5.41, 5.74) is 6.66. The molecular formula is C11H17FN2. The van der Waals surface area contributed by atoms with Crippen molar-refractivity contribution in [3.63, 3.8) is 0 Å². The number of anilines is 1. The molecule has 2 N–H and O–H groups in total. The number of hydrogen-bond acceptors (Lipinski definition) is 2. The molecule has 0 radical (unpaired) electrons. The molecular weight excluding hydrogens is 179 g/mol. The second kappa shape index (κ2) is 3.58. The Kier molecular flexibility index (Phi) is 2.81. The highest BCUT2D eigenvalue weighted by Crippen LogP contribution is 2.29. The summed E-state index contributed by atoms with van der Waals surface area (Å²) >= 11 is 0. The second-order valence-electron chi connectivity index (χ2n) is 4.25. The number of hydrogen-bond donors (Lipinski definition) is 1. The molecule has 0 unspecified atom stereocenters. The smallest absolute Gasteiger partial charge is 0.130 e. The van der Waals surface area contributed by atoms with Gasteiger partial charge in [-0.25, -0.2) is 4.39 Å². The van der Waals surface area contributed by atoms with E-state index in [0.717, 1.165) is 5.69 Å². The van der Waals surface area contributed by atoms with Gasteiger partial charge in [-0.05, 0) is 26.0 Å². The number of nitrogens with two attached hydrogens (primary N) is 1. The Morgan fingerprint density at radius 2 is 1.86 bits per heavy atom. The van der Waals surface area contributed by atoms with E-state index in [1.54, 1.807) is 19.9 Å². The average Bonchev–Trinajstić information content (AvgIpc) is 2.01. The van der Waals surface area contributed by atoms with Gasteiger partial charge in [0.15, 0.2) is 0 Å². The summed E-state index contributed by atoms with van der Waals surface area (Å²) in [5, 5.41) is 0. The molecule has 0 aromatic heterocycles. The van der Waals surface area contributed by atoms with Gasteiger partial charge in [0.2, 0.25) is 0 Å². The lowest BCUT2D eigenvalue weighted by Gasteiger charge is -2.26. The highest BCUT2D eigenvalue weighted by molar-refractivity contribution is 5.55. The first-order valence-electron chi connectivity index (χ1n) is 4.59. The quantitative estimate of drug-likeness (QED) is 0.784. The van der Waals surface area contributed by atoms with Crippen molar-refractivity contribution in [3.05, 3.63) is 29.6 Å². The molecule has 1 aromatic rings. The number of rotatable bonds is 2. The van der Waals surface area contributed by atoms with Crippen molar-refractivity contribution in [1.29, 1.82) is 0 Å². The predicted molar refractivity (Wildman–Crippen MR) is 57.9 cm³/mol. The fourth-order valence-corrected chi connectivity index (χ4v) is 1.52. The minimum absolute atomic E-state index is 0.247. The Balaban J connectivity index is 3.38. The van der Waals surface area contributed by atoms with Crippen LogP contribution in [0.4, 0.5) is 10.1 Å².